The van der Waals surface area contributed by atoms with Crippen molar-refractivity contribution in [3.05, 3.63) is 83.1 Å². The van der Waals surface area contributed by atoms with Crippen molar-refractivity contribution in [3.63, 3.8) is 0 Å². The molecule has 2 N–H and O–H groups in total. The highest BCUT2D eigenvalue weighted by Gasteiger charge is 2.32. The summed E-state index contributed by atoms with van der Waals surface area (Å²) in [4.78, 5) is 3.87. The van der Waals surface area contributed by atoms with Crippen molar-refractivity contribution in [2.75, 3.05) is 7.05 Å². The van der Waals surface area contributed by atoms with Gasteiger partial charge in [-0.3, -0.25) is 0 Å². The van der Waals surface area contributed by atoms with E-state index in [-0.39, 0.29) is 23.5 Å². The molecule has 0 amide bonds. The highest BCUT2D eigenvalue weighted by molar-refractivity contribution is 7.89. The lowest BCUT2D eigenvalue weighted by molar-refractivity contribution is 0.492. The van der Waals surface area contributed by atoms with E-state index in [9.17, 15) is 12.8 Å². The monoisotopic (exact) mass is 428 g/mol. The number of sulfonamides is 1. The van der Waals surface area contributed by atoms with Crippen LogP contribution in [0.2, 0.25) is 0 Å². The van der Waals surface area contributed by atoms with Crippen LogP contribution in [0.1, 0.15) is 28.2 Å². The third kappa shape index (κ3) is 4.16. The molecule has 0 radical (unpaired) electrons. The average molecular weight is 429 g/mol. The maximum absolute atomic E-state index is 14.7. The Bertz CT molecular complexity index is 1150. The standard InChI is InChI=1S/C22H25FN4O2S/c1-24-21-11-16-10-20(23)17(12-26-30(28,29)22-13-27(2)14-25-22)9-18(16)19(21)8-15-6-4-3-5-7-15/h3-7,9-10,13-14,19,21,24,26H,8,11-12H2,1-2H3. The smallest absolute Gasteiger partial charge is 0.259 e. The molecule has 4 rings (SSSR count). The second-order valence-corrected chi connectivity index (χ2v) is 9.45. The van der Waals surface area contributed by atoms with E-state index in [0.29, 0.717) is 5.56 Å². The second-order valence-electron chi connectivity index (χ2n) is 7.74. The third-order valence-corrected chi connectivity index (χ3v) is 7.00. The van der Waals surface area contributed by atoms with Gasteiger partial charge in [-0.15, -0.1) is 0 Å². The molecule has 0 saturated heterocycles. The lowest BCUT2D eigenvalue weighted by Crippen LogP contribution is -2.30. The van der Waals surface area contributed by atoms with Gasteiger partial charge < -0.3 is 9.88 Å². The van der Waals surface area contributed by atoms with Crippen molar-refractivity contribution in [2.45, 2.75) is 36.4 Å². The van der Waals surface area contributed by atoms with Crippen LogP contribution in [0.3, 0.4) is 0 Å². The molecule has 2 atom stereocenters. The Morgan fingerprint density at radius 2 is 2.00 bits per heavy atom. The van der Waals surface area contributed by atoms with E-state index in [1.165, 1.54) is 18.1 Å². The van der Waals surface area contributed by atoms with E-state index >= 15 is 0 Å². The summed E-state index contributed by atoms with van der Waals surface area (Å²) in [6.45, 7) is -0.125. The van der Waals surface area contributed by atoms with Crippen molar-refractivity contribution in [1.82, 2.24) is 19.6 Å². The summed E-state index contributed by atoms with van der Waals surface area (Å²) in [6, 6.07) is 13.8. The van der Waals surface area contributed by atoms with E-state index in [0.717, 1.165) is 24.0 Å². The quantitative estimate of drug-likeness (QED) is 0.606. The van der Waals surface area contributed by atoms with E-state index < -0.39 is 15.8 Å². The molecule has 1 aromatic heterocycles. The minimum atomic E-state index is -3.81. The zero-order valence-corrected chi connectivity index (χ0v) is 17.8. The summed E-state index contributed by atoms with van der Waals surface area (Å²) in [7, 11) is -0.192. The van der Waals surface area contributed by atoms with Crippen LogP contribution in [-0.2, 0) is 36.5 Å². The van der Waals surface area contributed by atoms with Gasteiger partial charge in [0.05, 0.1) is 6.33 Å². The zero-order valence-electron chi connectivity index (χ0n) is 17.0. The predicted molar refractivity (Wildman–Crippen MR) is 113 cm³/mol. The molecule has 30 heavy (non-hydrogen) atoms. The molecule has 0 bridgehead atoms. The van der Waals surface area contributed by atoms with Gasteiger partial charge in [0, 0.05) is 37.3 Å². The van der Waals surface area contributed by atoms with Crippen LogP contribution in [0.25, 0.3) is 0 Å². The molecule has 8 heteroatoms. The fourth-order valence-electron chi connectivity index (χ4n) is 4.13. The van der Waals surface area contributed by atoms with Gasteiger partial charge in [0.1, 0.15) is 5.82 Å². The first-order valence-electron chi connectivity index (χ1n) is 9.87. The molecule has 6 nitrogen and oxygen atoms in total. The van der Waals surface area contributed by atoms with Gasteiger partial charge in [-0.05, 0) is 42.6 Å². The summed E-state index contributed by atoms with van der Waals surface area (Å²) in [5, 5.41) is 3.28. The van der Waals surface area contributed by atoms with Gasteiger partial charge in [-0.25, -0.2) is 22.5 Å². The summed E-state index contributed by atoms with van der Waals surface area (Å²) in [5.41, 5.74) is 3.61. The number of nitrogens with zero attached hydrogens (tertiary/aromatic N) is 2. The molecular weight excluding hydrogens is 403 g/mol. The Morgan fingerprint density at radius 3 is 2.67 bits per heavy atom. The number of hydrogen-bond acceptors (Lipinski definition) is 4. The maximum atomic E-state index is 14.7. The number of hydrogen-bond donors (Lipinski definition) is 2. The Morgan fingerprint density at radius 1 is 1.23 bits per heavy atom. The van der Waals surface area contributed by atoms with E-state index in [2.05, 4.69) is 27.2 Å². The van der Waals surface area contributed by atoms with Crippen molar-refractivity contribution >= 4 is 10.0 Å². The molecule has 1 aliphatic carbocycles. The fraction of sp³-hybridized carbons (Fsp3) is 0.318. The minimum absolute atomic E-state index is 0.0798. The first-order chi connectivity index (χ1) is 14.4. The highest BCUT2D eigenvalue weighted by atomic mass is 32.2. The molecule has 2 unspecified atom stereocenters. The topological polar surface area (TPSA) is 76.0 Å². The average Bonchev–Trinajstić information content (AvgIpc) is 3.31. The summed E-state index contributed by atoms with van der Waals surface area (Å²) < 4.78 is 43.7. The van der Waals surface area contributed by atoms with Crippen LogP contribution in [0.5, 0.6) is 0 Å². The van der Waals surface area contributed by atoms with Gasteiger partial charge in [-0.2, -0.15) is 0 Å². The lowest BCUT2D eigenvalue weighted by Gasteiger charge is -2.20. The Balaban J connectivity index is 1.59. The van der Waals surface area contributed by atoms with Crippen LogP contribution < -0.4 is 10.0 Å². The molecule has 0 aliphatic heterocycles. The molecule has 0 saturated carbocycles. The number of benzene rings is 2. The van der Waals surface area contributed by atoms with Gasteiger partial charge in [0.2, 0.25) is 0 Å². The second kappa shape index (κ2) is 8.29. The number of rotatable bonds is 7. The molecule has 3 aromatic rings. The number of aromatic nitrogens is 2. The van der Waals surface area contributed by atoms with Crippen LogP contribution in [0.15, 0.2) is 60.0 Å². The van der Waals surface area contributed by atoms with E-state index in [4.69, 9.17) is 0 Å². The first-order valence-corrected chi connectivity index (χ1v) is 11.4. The summed E-state index contributed by atoms with van der Waals surface area (Å²) in [5.74, 6) is -0.202. The normalized spacial score (nSPS) is 18.5. The Hall–Kier alpha value is -2.55. The van der Waals surface area contributed by atoms with Crippen molar-refractivity contribution in [1.29, 1.82) is 0 Å². The molecular formula is C22H25FN4O2S. The first kappa shape index (κ1) is 20.7. The molecule has 1 aliphatic rings. The molecule has 0 spiro atoms. The number of aryl methyl sites for hydroxylation is 1. The SMILES string of the molecule is CNC1Cc2cc(F)c(CNS(=O)(=O)c3cn(C)cn3)cc2C1Cc1ccccc1. The van der Waals surface area contributed by atoms with E-state index in [1.807, 2.05) is 31.3 Å². The minimum Gasteiger partial charge on any atom is -0.339 e. The maximum Gasteiger partial charge on any atom is 0.259 e. The highest BCUT2D eigenvalue weighted by Crippen LogP contribution is 2.37. The number of likely N-dealkylation sites (N-methyl/N-ethyl adjacent to an activating group) is 1. The number of nitrogens with one attached hydrogen (secondary N) is 2. The van der Waals surface area contributed by atoms with Crippen LogP contribution in [-0.4, -0.2) is 31.1 Å². The largest absolute Gasteiger partial charge is 0.339 e. The number of halogens is 1. The van der Waals surface area contributed by atoms with Crippen molar-refractivity contribution in [3.8, 4) is 0 Å². The molecule has 0 fully saturated rings. The van der Waals surface area contributed by atoms with Crippen molar-refractivity contribution < 1.29 is 12.8 Å². The molecule has 2 aromatic carbocycles. The summed E-state index contributed by atoms with van der Waals surface area (Å²) in [6.07, 6.45) is 4.41. The summed E-state index contributed by atoms with van der Waals surface area (Å²) >= 11 is 0. The van der Waals surface area contributed by atoms with Crippen LogP contribution in [0, 0.1) is 5.82 Å². The van der Waals surface area contributed by atoms with Crippen molar-refractivity contribution in [2.24, 2.45) is 7.05 Å². The zero-order chi connectivity index (χ0) is 21.3. The Kier molecular flexibility index (Phi) is 5.73. The molecule has 158 valence electrons. The van der Waals surface area contributed by atoms with Gasteiger partial charge in [0.15, 0.2) is 5.03 Å². The van der Waals surface area contributed by atoms with Gasteiger partial charge in [0.25, 0.3) is 10.0 Å². The van der Waals surface area contributed by atoms with E-state index in [1.54, 1.807) is 17.7 Å². The fourth-order valence-corrected chi connectivity index (χ4v) is 5.11. The Labute approximate surface area is 176 Å². The predicted octanol–water partition coefficient (Wildman–Crippen LogP) is 2.51. The number of imidazole rings is 1. The van der Waals surface area contributed by atoms with Gasteiger partial charge in [-0.1, -0.05) is 36.4 Å². The number of fused-ring (bicyclic) bond motifs is 1. The van der Waals surface area contributed by atoms with Crippen LogP contribution >= 0.6 is 0 Å². The van der Waals surface area contributed by atoms with Gasteiger partial charge >= 0.3 is 0 Å². The lowest BCUT2D eigenvalue weighted by atomic mass is 9.90. The van der Waals surface area contributed by atoms with Crippen LogP contribution in [0.4, 0.5) is 4.39 Å². The third-order valence-electron chi connectivity index (χ3n) is 5.71. The molecule has 1 heterocycles.